The van der Waals surface area contributed by atoms with E-state index in [4.69, 9.17) is 0 Å². The van der Waals surface area contributed by atoms with Crippen LogP contribution in [0.5, 0.6) is 0 Å². The third-order valence-corrected chi connectivity index (χ3v) is 3.93. The summed E-state index contributed by atoms with van der Waals surface area (Å²) in [5.74, 6) is 0. The molecule has 0 bridgehead atoms. The lowest BCUT2D eigenvalue weighted by atomic mass is 9.91. The lowest BCUT2D eigenvalue weighted by molar-refractivity contribution is 1.04. The van der Waals surface area contributed by atoms with Crippen LogP contribution in [0.3, 0.4) is 0 Å². The summed E-state index contributed by atoms with van der Waals surface area (Å²) >= 11 is 0. The fourth-order valence-electron chi connectivity index (χ4n) is 3.09. The summed E-state index contributed by atoms with van der Waals surface area (Å²) in [5, 5.41) is 0. The van der Waals surface area contributed by atoms with Crippen molar-refractivity contribution in [2.45, 2.75) is 47.5 Å². The molecule has 0 aromatic heterocycles. The number of hydrogen-bond donors (Lipinski definition) is 0. The minimum Gasteiger partial charge on any atom is -0.0613 e. The van der Waals surface area contributed by atoms with Gasteiger partial charge in [0.15, 0.2) is 0 Å². The van der Waals surface area contributed by atoms with Crippen molar-refractivity contribution < 1.29 is 0 Å². The monoisotopic (exact) mass is 252 g/mol. The summed E-state index contributed by atoms with van der Waals surface area (Å²) in [4.78, 5) is 0. The van der Waals surface area contributed by atoms with Crippen LogP contribution in [0.25, 0.3) is 11.1 Å². The van der Waals surface area contributed by atoms with Crippen LogP contribution < -0.4 is 0 Å². The van der Waals surface area contributed by atoms with Crippen LogP contribution in [-0.2, 0) is 12.8 Å². The van der Waals surface area contributed by atoms with Crippen molar-refractivity contribution >= 4 is 0 Å². The first-order chi connectivity index (χ1) is 9.06. The Balaban J connectivity index is 2.59. The largest absolute Gasteiger partial charge is 0.0613 e. The Labute approximate surface area is 117 Å². The van der Waals surface area contributed by atoms with Crippen LogP contribution in [-0.4, -0.2) is 0 Å². The van der Waals surface area contributed by atoms with E-state index in [1.54, 1.807) is 0 Å². The fourth-order valence-corrected chi connectivity index (χ4v) is 3.09. The average Bonchev–Trinajstić information content (AvgIpc) is 2.37. The van der Waals surface area contributed by atoms with Crippen molar-refractivity contribution in [1.29, 1.82) is 0 Å². The second-order valence-corrected chi connectivity index (χ2v) is 5.46. The van der Waals surface area contributed by atoms with Crippen molar-refractivity contribution in [1.82, 2.24) is 0 Å². The minimum atomic E-state index is 1.11. The zero-order valence-electron chi connectivity index (χ0n) is 12.8. The predicted octanol–water partition coefficient (Wildman–Crippen LogP) is 5.40. The zero-order chi connectivity index (χ0) is 14.0. The van der Waals surface area contributed by atoms with E-state index in [0.29, 0.717) is 0 Å². The van der Waals surface area contributed by atoms with Crippen molar-refractivity contribution in [3.8, 4) is 11.1 Å². The van der Waals surface area contributed by atoms with Gasteiger partial charge in [0.2, 0.25) is 0 Å². The molecule has 0 aliphatic rings. The molecule has 0 N–H and O–H groups in total. The van der Waals surface area contributed by atoms with Gasteiger partial charge in [-0.15, -0.1) is 0 Å². The van der Waals surface area contributed by atoms with Gasteiger partial charge < -0.3 is 0 Å². The molecular formula is C19H24. The van der Waals surface area contributed by atoms with Crippen molar-refractivity contribution in [2.24, 2.45) is 0 Å². The first-order valence-electron chi connectivity index (χ1n) is 7.26. The van der Waals surface area contributed by atoms with E-state index in [9.17, 15) is 0 Å². The lowest BCUT2D eigenvalue weighted by Crippen LogP contribution is -1.95. The Morgan fingerprint density at radius 3 is 1.84 bits per heavy atom. The number of hydrogen-bond acceptors (Lipinski definition) is 0. The minimum absolute atomic E-state index is 1.11. The molecule has 0 unspecified atom stereocenters. The maximum absolute atomic E-state index is 2.38. The molecule has 2 aromatic rings. The Kier molecular flexibility index (Phi) is 4.09. The van der Waals surface area contributed by atoms with E-state index >= 15 is 0 Å². The summed E-state index contributed by atoms with van der Waals surface area (Å²) in [6.07, 6.45) is 2.23. The molecule has 0 aliphatic carbocycles. The molecule has 0 saturated carbocycles. The van der Waals surface area contributed by atoms with Gasteiger partial charge in [-0.3, -0.25) is 0 Å². The van der Waals surface area contributed by atoms with Gasteiger partial charge in [-0.2, -0.15) is 0 Å². The number of aryl methyl sites for hydroxylation is 5. The molecule has 0 spiro atoms. The molecule has 0 atom stereocenters. The molecule has 0 aliphatic heterocycles. The van der Waals surface area contributed by atoms with Crippen LogP contribution >= 0.6 is 0 Å². The van der Waals surface area contributed by atoms with E-state index in [1.165, 1.54) is 38.9 Å². The normalized spacial score (nSPS) is 10.8. The summed E-state index contributed by atoms with van der Waals surface area (Å²) in [5.41, 5.74) is 9.84. The van der Waals surface area contributed by atoms with E-state index < -0.39 is 0 Å². The Hall–Kier alpha value is -1.56. The smallest absolute Gasteiger partial charge is 0.0125 e. The van der Waals surface area contributed by atoms with Gasteiger partial charge in [0, 0.05) is 0 Å². The standard InChI is InChI=1S/C19H24/c1-6-16-8-9-18(12-17(16)7-2)19-14(4)10-13(3)11-15(19)5/h8-12H,6-7H2,1-5H3. The first kappa shape index (κ1) is 13.9. The number of rotatable bonds is 3. The lowest BCUT2D eigenvalue weighted by Gasteiger charge is -2.14. The molecule has 100 valence electrons. The highest BCUT2D eigenvalue weighted by atomic mass is 14.1. The maximum Gasteiger partial charge on any atom is -0.0125 e. The molecule has 0 heteroatoms. The van der Waals surface area contributed by atoms with Crippen LogP contribution in [0.2, 0.25) is 0 Å². The SMILES string of the molecule is CCc1ccc(-c2c(C)cc(C)cc2C)cc1CC. The molecule has 2 aromatic carbocycles. The van der Waals surface area contributed by atoms with Crippen LogP contribution in [0.4, 0.5) is 0 Å². The van der Waals surface area contributed by atoms with Crippen molar-refractivity contribution in [3.63, 3.8) is 0 Å². The highest BCUT2D eigenvalue weighted by Gasteiger charge is 2.08. The topological polar surface area (TPSA) is 0 Å². The van der Waals surface area contributed by atoms with Gasteiger partial charge in [-0.25, -0.2) is 0 Å². The highest BCUT2D eigenvalue weighted by molar-refractivity contribution is 5.72. The van der Waals surface area contributed by atoms with E-state index in [-0.39, 0.29) is 0 Å². The van der Waals surface area contributed by atoms with Gasteiger partial charge >= 0.3 is 0 Å². The van der Waals surface area contributed by atoms with Crippen LogP contribution in [0.15, 0.2) is 30.3 Å². The Morgan fingerprint density at radius 2 is 1.32 bits per heavy atom. The third kappa shape index (κ3) is 2.73. The van der Waals surface area contributed by atoms with Crippen LogP contribution in [0.1, 0.15) is 41.7 Å². The van der Waals surface area contributed by atoms with Gasteiger partial charge in [0.25, 0.3) is 0 Å². The molecule has 0 radical (unpaired) electrons. The van der Waals surface area contributed by atoms with E-state index in [1.807, 2.05) is 0 Å². The molecule has 0 fully saturated rings. The molecule has 0 nitrogen and oxygen atoms in total. The highest BCUT2D eigenvalue weighted by Crippen LogP contribution is 2.30. The van der Waals surface area contributed by atoms with Crippen molar-refractivity contribution in [2.75, 3.05) is 0 Å². The summed E-state index contributed by atoms with van der Waals surface area (Å²) in [6, 6.07) is 11.5. The molecule has 0 heterocycles. The van der Waals surface area contributed by atoms with Gasteiger partial charge in [0.1, 0.15) is 0 Å². The Morgan fingerprint density at radius 1 is 0.737 bits per heavy atom. The van der Waals surface area contributed by atoms with E-state index in [0.717, 1.165) is 12.8 Å². The van der Waals surface area contributed by atoms with Crippen molar-refractivity contribution in [3.05, 3.63) is 58.1 Å². The quantitative estimate of drug-likeness (QED) is 0.685. The molecule has 2 rings (SSSR count). The van der Waals surface area contributed by atoms with Gasteiger partial charge in [-0.05, 0) is 67.0 Å². The fraction of sp³-hybridized carbons (Fsp3) is 0.368. The molecule has 19 heavy (non-hydrogen) atoms. The summed E-state index contributed by atoms with van der Waals surface area (Å²) in [7, 11) is 0. The molecular weight excluding hydrogens is 228 g/mol. The van der Waals surface area contributed by atoms with E-state index in [2.05, 4.69) is 65.0 Å². The predicted molar refractivity (Wildman–Crippen MR) is 84.8 cm³/mol. The van der Waals surface area contributed by atoms with Gasteiger partial charge in [0.05, 0.1) is 0 Å². The van der Waals surface area contributed by atoms with Crippen LogP contribution in [0, 0.1) is 20.8 Å². The maximum atomic E-state index is 2.38. The second kappa shape index (κ2) is 5.61. The third-order valence-electron chi connectivity index (χ3n) is 3.93. The Bertz CT molecular complexity index is 568. The average molecular weight is 252 g/mol. The first-order valence-corrected chi connectivity index (χ1v) is 7.26. The summed E-state index contributed by atoms with van der Waals surface area (Å²) in [6.45, 7) is 11.1. The molecule has 0 saturated heterocycles. The van der Waals surface area contributed by atoms with Gasteiger partial charge in [-0.1, -0.05) is 49.7 Å². The molecule has 0 amide bonds. The number of benzene rings is 2. The summed E-state index contributed by atoms with van der Waals surface area (Å²) < 4.78 is 0. The second-order valence-electron chi connectivity index (χ2n) is 5.46. The zero-order valence-corrected chi connectivity index (χ0v) is 12.8.